The van der Waals surface area contributed by atoms with Crippen molar-refractivity contribution in [1.29, 1.82) is 0 Å². The Hall–Kier alpha value is -1.61. The van der Waals surface area contributed by atoms with Crippen molar-refractivity contribution in [3.05, 3.63) is 17.7 Å². The predicted octanol–water partition coefficient (Wildman–Crippen LogP) is 4.32. The van der Waals surface area contributed by atoms with Gasteiger partial charge in [0.2, 0.25) is 0 Å². The topological polar surface area (TPSA) is 58.2 Å². The van der Waals surface area contributed by atoms with Gasteiger partial charge in [-0.1, -0.05) is 32.5 Å². The van der Waals surface area contributed by atoms with Crippen molar-refractivity contribution in [3.8, 4) is 11.2 Å². The fourth-order valence-electron chi connectivity index (χ4n) is 3.08. The van der Waals surface area contributed by atoms with Crippen molar-refractivity contribution < 1.29 is 9.53 Å². The van der Waals surface area contributed by atoms with Gasteiger partial charge >= 0.3 is 6.09 Å². The molecular weight excluding hydrogens is 334 g/mol. The number of nitrogens with one attached hydrogen (secondary N) is 1. The first kappa shape index (κ1) is 18.2. The van der Waals surface area contributed by atoms with E-state index in [0.717, 1.165) is 24.4 Å². The van der Waals surface area contributed by atoms with E-state index in [1.807, 2.05) is 25.7 Å². The molecule has 2 aliphatic rings. The molecule has 0 radical (unpaired) electrons. The molecule has 3 atom stereocenters. The Morgan fingerprint density at radius 2 is 2.04 bits per heavy atom. The number of likely N-dealkylation sites (tertiary alicyclic amines) is 1. The van der Waals surface area contributed by atoms with E-state index in [0.29, 0.717) is 12.0 Å². The molecule has 1 aromatic rings. The van der Waals surface area contributed by atoms with Crippen molar-refractivity contribution in [2.24, 2.45) is 5.92 Å². The van der Waals surface area contributed by atoms with Gasteiger partial charge in [-0.3, -0.25) is 4.90 Å². The Bertz CT molecular complexity index is 717. The third-order valence-corrected chi connectivity index (χ3v) is 4.98. The van der Waals surface area contributed by atoms with Crippen LogP contribution in [0.3, 0.4) is 0 Å². The number of aromatic nitrogens is 2. The molecule has 1 aromatic heterocycles. The highest BCUT2D eigenvalue weighted by atomic mass is 32.2. The standard InChI is InChI=1S/C19H27N3O2S/c1-18(2,3)24-17(23)22-14-9-12(14)10-15(22)16-20-11-13(21-16)7-8-25-19(4,5)6/h11-12,14-15H,9-10H2,1-6H3,(H,20,21)/t12-,14-,15+/m1/s1. The smallest absolute Gasteiger partial charge is 0.411 e. The number of hydrogen-bond acceptors (Lipinski definition) is 4. The van der Waals surface area contributed by atoms with E-state index in [2.05, 4.69) is 41.9 Å². The van der Waals surface area contributed by atoms with Gasteiger partial charge in [-0.2, -0.15) is 0 Å². The lowest BCUT2D eigenvalue weighted by atomic mass is 10.1. The number of H-pyrrole nitrogens is 1. The molecule has 1 saturated heterocycles. The van der Waals surface area contributed by atoms with Crippen LogP contribution in [-0.2, 0) is 4.74 Å². The number of aromatic amines is 1. The fraction of sp³-hybridized carbons (Fsp3) is 0.684. The molecule has 2 fully saturated rings. The Morgan fingerprint density at radius 1 is 1.32 bits per heavy atom. The summed E-state index contributed by atoms with van der Waals surface area (Å²) in [7, 11) is 0. The lowest BCUT2D eigenvalue weighted by molar-refractivity contribution is 0.0175. The van der Waals surface area contributed by atoms with Crippen LogP contribution >= 0.6 is 11.8 Å². The molecule has 1 aliphatic carbocycles. The largest absolute Gasteiger partial charge is 0.444 e. The molecule has 3 rings (SSSR count). The summed E-state index contributed by atoms with van der Waals surface area (Å²) >= 11 is 1.60. The lowest BCUT2D eigenvalue weighted by Gasteiger charge is -2.29. The molecule has 6 heteroatoms. The molecule has 5 nitrogen and oxygen atoms in total. The van der Waals surface area contributed by atoms with Crippen LogP contribution in [0.15, 0.2) is 6.20 Å². The number of amides is 1. The summed E-state index contributed by atoms with van der Waals surface area (Å²) in [6, 6.07) is 0.264. The first-order valence-corrected chi connectivity index (χ1v) is 9.60. The highest BCUT2D eigenvalue weighted by Crippen LogP contribution is 2.53. The second kappa shape index (κ2) is 6.28. The second-order valence-electron chi connectivity index (χ2n) is 8.83. The van der Waals surface area contributed by atoms with E-state index < -0.39 is 5.60 Å². The maximum atomic E-state index is 12.6. The number of piperidine rings is 1. The summed E-state index contributed by atoms with van der Waals surface area (Å²) in [6.45, 7) is 12.1. The Morgan fingerprint density at radius 3 is 2.68 bits per heavy atom. The van der Waals surface area contributed by atoms with Gasteiger partial charge in [-0.05, 0) is 50.7 Å². The van der Waals surface area contributed by atoms with Gasteiger partial charge in [0.25, 0.3) is 0 Å². The number of carbonyl (C=O) groups excluding carboxylic acids is 1. The van der Waals surface area contributed by atoms with Gasteiger partial charge in [0.15, 0.2) is 0 Å². The van der Waals surface area contributed by atoms with Gasteiger partial charge in [0, 0.05) is 10.8 Å². The lowest BCUT2D eigenvalue weighted by Crippen LogP contribution is -2.38. The Labute approximate surface area is 154 Å². The number of ether oxygens (including phenoxy) is 1. The molecule has 136 valence electrons. The average molecular weight is 362 g/mol. The Balaban J connectivity index is 1.72. The maximum absolute atomic E-state index is 12.6. The summed E-state index contributed by atoms with van der Waals surface area (Å²) in [5.74, 6) is 4.50. The van der Waals surface area contributed by atoms with E-state index in [1.165, 1.54) is 0 Å². The first-order valence-electron chi connectivity index (χ1n) is 8.79. The zero-order chi connectivity index (χ0) is 18.4. The summed E-state index contributed by atoms with van der Waals surface area (Å²) in [5.41, 5.74) is 0.301. The summed E-state index contributed by atoms with van der Waals surface area (Å²) < 4.78 is 5.70. The van der Waals surface area contributed by atoms with Crippen molar-refractivity contribution in [3.63, 3.8) is 0 Å². The zero-order valence-electron chi connectivity index (χ0n) is 15.8. The van der Waals surface area contributed by atoms with Gasteiger partial charge in [-0.15, -0.1) is 0 Å². The van der Waals surface area contributed by atoms with E-state index in [4.69, 9.17) is 4.74 Å². The highest BCUT2D eigenvalue weighted by Gasteiger charge is 2.56. The van der Waals surface area contributed by atoms with Crippen LogP contribution in [0.5, 0.6) is 0 Å². The van der Waals surface area contributed by atoms with Crippen LogP contribution in [0.1, 0.15) is 71.9 Å². The molecule has 2 heterocycles. The number of thioether (sulfide) groups is 1. The van der Waals surface area contributed by atoms with Crippen molar-refractivity contribution in [2.45, 2.75) is 76.8 Å². The molecule has 0 aromatic carbocycles. The molecule has 25 heavy (non-hydrogen) atoms. The van der Waals surface area contributed by atoms with Crippen molar-refractivity contribution >= 4 is 17.9 Å². The Kier molecular flexibility index (Phi) is 4.57. The third-order valence-electron chi connectivity index (χ3n) is 4.16. The minimum absolute atomic E-state index is 0.0376. The maximum Gasteiger partial charge on any atom is 0.411 e. The minimum atomic E-state index is -0.488. The molecule has 1 saturated carbocycles. The molecule has 1 N–H and O–H groups in total. The number of fused-ring (bicyclic) bond motifs is 1. The van der Waals surface area contributed by atoms with Gasteiger partial charge in [0.05, 0.1) is 12.2 Å². The average Bonchev–Trinajstić information content (AvgIpc) is 2.91. The SMILES string of the molecule is CC(C)(C)OC(=O)N1[C@@H]2C[C@@H]2C[C@H]1c1ncc(C#CSC(C)(C)C)[nH]1. The number of rotatable bonds is 1. The summed E-state index contributed by atoms with van der Waals surface area (Å²) in [4.78, 5) is 22.2. The number of imidazole rings is 1. The van der Waals surface area contributed by atoms with Crippen molar-refractivity contribution in [2.75, 3.05) is 0 Å². The molecule has 0 bridgehead atoms. The highest BCUT2D eigenvalue weighted by molar-refractivity contribution is 8.05. The molecule has 1 amide bonds. The fourth-order valence-corrected chi connectivity index (χ4v) is 3.55. The van der Waals surface area contributed by atoms with Crippen LogP contribution in [-0.4, -0.2) is 37.4 Å². The van der Waals surface area contributed by atoms with Gasteiger partial charge in [0.1, 0.15) is 17.1 Å². The van der Waals surface area contributed by atoms with Crippen LogP contribution in [0, 0.1) is 17.1 Å². The van der Waals surface area contributed by atoms with Crippen molar-refractivity contribution in [1.82, 2.24) is 14.9 Å². The van der Waals surface area contributed by atoms with Crippen LogP contribution in [0.4, 0.5) is 4.79 Å². The van der Waals surface area contributed by atoms with Gasteiger partial charge < -0.3 is 9.72 Å². The number of nitrogens with zero attached hydrogens (tertiary/aromatic N) is 2. The van der Waals surface area contributed by atoms with Crippen LogP contribution in [0.2, 0.25) is 0 Å². The quantitative estimate of drug-likeness (QED) is 0.757. The second-order valence-corrected chi connectivity index (χ2v) is 10.5. The third kappa shape index (κ3) is 4.52. The van der Waals surface area contributed by atoms with E-state index in [-0.39, 0.29) is 16.9 Å². The summed E-state index contributed by atoms with van der Waals surface area (Å²) in [6.07, 6.45) is 3.53. The predicted molar refractivity (Wildman–Crippen MR) is 100 cm³/mol. The normalized spacial score (nSPS) is 25.2. The van der Waals surface area contributed by atoms with E-state index in [9.17, 15) is 4.79 Å². The van der Waals surface area contributed by atoms with E-state index in [1.54, 1.807) is 18.0 Å². The van der Waals surface area contributed by atoms with Crippen LogP contribution in [0.25, 0.3) is 0 Å². The summed E-state index contributed by atoms with van der Waals surface area (Å²) in [5, 5.41) is 3.12. The molecular formula is C19H27N3O2S. The minimum Gasteiger partial charge on any atom is -0.444 e. The molecule has 1 aliphatic heterocycles. The van der Waals surface area contributed by atoms with Crippen LogP contribution < -0.4 is 0 Å². The monoisotopic (exact) mass is 361 g/mol. The van der Waals surface area contributed by atoms with E-state index >= 15 is 0 Å². The number of carbonyl (C=O) groups is 1. The first-order chi connectivity index (χ1) is 11.5. The molecule has 0 spiro atoms. The number of hydrogen-bond donors (Lipinski definition) is 1. The van der Waals surface area contributed by atoms with Gasteiger partial charge in [-0.25, -0.2) is 9.78 Å². The molecule has 0 unspecified atom stereocenters. The zero-order valence-corrected chi connectivity index (χ0v) is 16.7.